The summed E-state index contributed by atoms with van der Waals surface area (Å²) >= 11 is 1.01. The summed E-state index contributed by atoms with van der Waals surface area (Å²) in [5, 5.41) is 56.6. The minimum absolute atomic E-state index is 0.0222. The van der Waals surface area contributed by atoms with Crippen molar-refractivity contribution in [2.75, 3.05) is 25.4 Å². The number of Topliss-reactive ketones (excluding diaryl/α,β-unsaturated/α-hetero) is 1. The standard InChI is InChI=1S/C59H91N9O17S/c1-3-4-5-6-7-8-9-10-11-12-13-14-15-16-17-23-47(71)61-29-28-48(72)64-42-32-38-20-18-21-40(31-38)86-36-44(54(60)80)66-56(82)41(25-27-51(76)77)63-49(73)35-62-58(84)53(37(2)69)67-55(81)39(24-26-50(74)75)33-46(70)45-22-19-30-68(45)59(85)43(34-52(78)79)65-57(42)83/h18,20-21,31,37,39,41-45,53,69H,3-17,19,22-30,32-36H2,1-2H3,(H2,60,80)(H,61,71)(H,62,84)(H,63,73)(H,64,72)(H,65,83)(H,66,82)(H,67,81)(H,74,75)(H,76,77)(H,78,79)/t37-,39+,41-,42-,43-,44-,45-,53-/m0/s1. The number of carbonyl (C=O) groups excluding carboxylic acids is 10. The summed E-state index contributed by atoms with van der Waals surface area (Å²) in [4.78, 5) is 173. The largest absolute Gasteiger partial charge is 0.481 e. The lowest BCUT2D eigenvalue weighted by molar-refractivity contribution is -0.146. The van der Waals surface area contributed by atoms with E-state index in [-0.39, 0.29) is 56.9 Å². The molecule has 3 rings (SSSR count). The Morgan fingerprint density at radius 1 is 0.686 bits per heavy atom. The Kier molecular flexibility index (Phi) is 34.2. The van der Waals surface area contributed by atoms with E-state index in [9.17, 15) is 82.8 Å². The second-order valence-corrected chi connectivity index (χ2v) is 23.3. The Hall–Kier alpha value is -7.16. The zero-order chi connectivity index (χ0) is 63.6. The fraction of sp³-hybridized carbons (Fsp3) is 0.678. The lowest BCUT2D eigenvalue weighted by atomic mass is 9.92. The second kappa shape index (κ2) is 40.3. The van der Waals surface area contributed by atoms with E-state index in [1.807, 2.05) is 0 Å². The minimum atomic E-state index is -1.82. The number of primary amides is 1. The van der Waals surface area contributed by atoms with E-state index in [1.165, 1.54) is 64.2 Å². The van der Waals surface area contributed by atoms with Crippen LogP contribution in [-0.2, 0) is 68.7 Å². The molecule has 0 aromatic heterocycles. The molecular weight excluding hydrogens is 1140 g/mol. The number of ketones is 1. The first-order valence-corrected chi connectivity index (χ1v) is 31.2. The Labute approximate surface area is 506 Å². The van der Waals surface area contributed by atoms with Gasteiger partial charge in [-0.25, -0.2) is 0 Å². The van der Waals surface area contributed by atoms with E-state index in [0.717, 1.165) is 49.3 Å². The molecule has 2 aliphatic heterocycles. The number of nitrogens with zero attached hydrogens (tertiary/aromatic N) is 1. The topological polar surface area (TPSA) is 416 Å². The number of rotatable bonds is 30. The van der Waals surface area contributed by atoms with Crippen molar-refractivity contribution >= 4 is 88.6 Å². The van der Waals surface area contributed by atoms with Crippen molar-refractivity contribution in [2.45, 2.75) is 228 Å². The molecule has 27 heteroatoms. The quantitative estimate of drug-likeness (QED) is 0.0492. The summed E-state index contributed by atoms with van der Waals surface area (Å²) in [6.07, 6.45) is 11.9. The van der Waals surface area contributed by atoms with Gasteiger partial charge in [-0.05, 0) is 56.7 Å². The molecule has 8 atom stereocenters. The van der Waals surface area contributed by atoms with Gasteiger partial charge in [0.15, 0.2) is 5.78 Å². The van der Waals surface area contributed by atoms with Gasteiger partial charge in [-0.1, -0.05) is 109 Å². The maximum absolute atomic E-state index is 14.4. The number of amides is 9. The van der Waals surface area contributed by atoms with Gasteiger partial charge in [0.25, 0.3) is 0 Å². The molecule has 2 aliphatic rings. The highest BCUT2D eigenvalue weighted by atomic mass is 32.2. The average molecular weight is 1230 g/mol. The molecule has 13 N–H and O–H groups in total. The normalized spacial score (nSPS) is 21.9. The molecule has 0 unspecified atom stereocenters. The summed E-state index contributed by atoms with van der Waals surface area (Å²) in [6.45, 7) is 2.25. The van der Waals surface area contributed by atoms with Crippen LogP contribution in [0.3, 0.4) is 0 Å². The maximum Gasteiger partial charge on any atom is 0.305 e. The number of aliphatic carboxylic acids is 3. The van der Waals surface area contributed by atoms with Crippen molar-refractivity contribution in [3.8, 4) is 0 Å². The van der Waals surface area contributed by atoms with Crippen LogP contribution in [0.25, 0.3) is 0 Å². The third-order valence-corrected chi connectivity index (χ3v) is 16.0. The summed E-state index contributed by atoms with van der Waals surface area (Å²) in [5.74, 6) is -15.0. The smallest absolute Gasteiger partial charge is 0.305 e. The molecule has 86 heavy (non-hydrogen) atoms. The number of unbranched alkanes of at least 4 members (excludes halogenated alkanes) is 14. The third kappa shape index (κ3) is 28.8. The van der Waals surface area contributed by atoms with Crippen LogP contribution in [0.1, 0.15) is 180 Å². The van der Waals surface area contributed by atoms with Gasteiger partial charge in [-0.3, -0.25) is 62.3 Å². The molecule has 1 fully saturated rings. The SMILES string of the molecule is CCCCCCCCCCCCCCCCCC(=O)NCCC(=O)N[C@H]1Cc2cccc(c2)SC[C@@H](C(N)=O)NC(=O)[C@H](CCC(=O)O)NC(=O)CNC(=O)[C@H]([C@H](C)O)NC(=O)[C@H](CCC(=O)O)CC(=O)[C@@H]2CCCN2C(=O)[C@H](CC(=O)O)NC1=O. The molecule has 480 valence electrons. The predicted octanol–water partition coefficient (Wildman–Crippen LogP) is 2.28. The predicted molar refractivity (Wildman–Crippen MR) is 315 cm³/mol. The molecule has 0 radical (unpaired) electrons. The number of hydrogen-bond acceptors (Lipinski definition) is 15. The molecule has 2 heterocycles. The second-order valence-electron chi connectivity index (χ2n) is 22.2. The Balaban J connectivity index is 1.89. The number of aliphatic hydroxyl groups excluding tert-OH is 1. The van der Waals surface area contributed by atoms with Crippen LogP contribution in [0.4, 0.5) is 0 Å². The molecule has 0 saturated carbocycles. The van der Waals surface area contributed by atoms with Gasteiger partial charge in [-0.2, -0.15) is 0 Å². The number of fused-ring (bicyclic) bond motifs is 3. The van der Waals surface area contributed by atoms with Crippen molar-refractivity contribution in [1.29, 1.82) is 0 Å². The van der Waals surface area contributed by atoms with Gasteiger partial charge in [0.05, 0.1) is 25.1 Å². The van der Waals surface area contributed by atoms with Crippen LogP contribution >= 0.6 is 11.8 Å². The van der Waals surface area contributed by atoms with Crippen LogP contribution in [-0.4, -0.2) is 170 Å². The van der Waals surface area contributed by atoms with Crippen molar-refractivity contribution in [3.63, 3.8) is 0 Å². The molecule has 1 aromatic carbocycles. The first-order chi connectivity index (χ1) is 41.0. The van der Waals surface area contributed by atoms with E-state index in [2.05, 4.69) is 44.1 Å². The van der Waals surface area contributed by atoms with Crippen molar-refractivity contribution in [1.82, 2.24) is 42.1 Å². The monoisotopic (exact) mass is 1230 g/mol. The van der Waals surface area contributed by atoms with Crippen LogP contribution in [0.15, 0.2) is 29.2 Å². The van der Waals surface area contributed by atoms with Crippen molar-refractivity contribution in [3.05, 3.63) is 29.8 Å². The van der Waals surface area contributed by atoms with Gasteiger partial charge in [0, 0.05) is 68.2 Å². The van der Waals surface area contributed by atoms with Gasteiger partial charge in [0.1, 0.15) is 30.2 Å². The van der Waals surface area contributed by atoms with Crippen molar-refractivity contribution < 1.29 is 82.8 Å². The number of nitrogens with one attached hydrogen (secondary N) is 7. The zero-order valence-corrected chi connectivity index (χ0v) is 50.5. The fourth-order valence-corrected chi connectivity index (χ4v) is 11.1. The van der Waals surface area contributed by atoms with Gasteiger partial charge >= 0.3 is 17.9 Å². The van der Waals surface area contributed by atoms with Crippen LogP contribution in [0, 0.1) is 5.92 Å². The number of hydrogen-bond donors (Lipinski definition) is 12. The molecule has 1 saturated heterocycles. The Morgan fingerprint density at radius 3 is 1.90 bits per heavy atom. The number of benzene rings is 1. The van der Waals surface area contributed by atoms with Crippen LogP contribution in [0.5, 0.6) is 0 Å². The number of carbonyl (C=O) groups is 13. The minimum Gasteiger partial charge on any atom is -0.481 e. The van der Waals surface area contributed by atoms with Gasteiger partial charge < -0.3 is 68.3 Å². The van der Waals surface area contributed by atoms with E-state index >= 15 is 0 Å². The third-order valence-electron chi connectivity index (χ3n) is 15.0. The highest BCUT2D eigenvalue weighted by molar-refractivity contribution is 7.99. The maximum atomic E-state index is 14.4. The molecule has 1 aromatic rings. The molecule has 2 bridgehead atoms. The van der Waals surface area contributed by atoms with E-state index in [0.29, 0.717) is 16.9 Å². The molecule has 0 aliphatic carbocycles. The number of carboxylic acid groups (broad SMARTS) is 3. The summed E-state index contributed by atoms with van der Waals surface area (Å²) in [7, 11) is 0. The Bertz CT molecular complexity index is 2460. The number of carboxylic acids is 3. The molecule has 9 amide bonds. The first-order valence-electron chi connectivity index (χ1n) is 30.2. The zero-order valence-electron chi connectivity index (χ0n) is 49.7. The number of aliphatic hydroxyl groups is 1. The molecule has 0 spiro atoms. The summed E-state index contributed by atoms with van der Waals surface area (Å²) < 4.78 is 0. The van der Waals surface area contributed by atoms with E-state index < -0.39 is 164 Å². The average Bonchev–Trinajstić information content (AvgIpc) is 2.81. The lowest BCUT2D eigenvalue weighted by Crippen LogP contribution is -2.57. The van der Waals surface area contributed by atoms with E-state index in [1.54, 1.807) is 24.3 Å². The summed E-state index contributed by atoms with van der Waals surface area (Å²) in [6, 6.07) is -3.09. The van der Waals surface area contributed by atoms with Crippen LogP contribution in [0.2, 0.25) is 0 Å². The van der Waals surface area contributed by atoms with Gasteiger partial charge in [0.2, 0.25) is 53.2 Å². The van der Waals surface area contributed by atoms with Gasteiger partial charge in [-0.15, -0.1) is 11.8 Å². The molecular formula is C59H91N9O17S. The van der Waals surface area contributed by atoms with Crippen molar-refractivity contribution in [2.24, 2.45) is 11.7 Å². The highest BCUT2D eigenvalue weighted by Crippen LogP contribution is 2.26. The highest BCUT2D eigenvalue weighted by Gasteiger charge is 2.41. The first kappa shape index (κ1) is 73.1. The Morgan fingerprint density at radius 2 is 1.30 bits per heavy atom. The van der Waals surface area contributed by atoms with Crippen LogP contribution < -0.4 is 43.0 Å². The number of thioether (sulfide) groups is 1. The fourth-order valence-electron chi connectivity index (χ4n) is 10.1. The lowest BCUT2D eigenvalue weighted by Gasteiger charge is -2.30. The molecule has 26 nitrogen and oxygen atoms in total. The summed E-state index contributed by atoms with van der Waals surface area (Å²) in [5.41, 5.74) is 6.07. The van der Waals surface area contributed by atoms with E-state index in [4.69, 9.17) is 5.73 Å². The number of nitrogens with two attached hydrogens (primary N) is 1.